The number of para-hydroxylation sites is 1. The second-order valence-electron chi connectivity index (χ2n) is 7.29. The summed E-state index contributed by atoms with van der Waals surface area (Å²) in [6, 6.07) is 12.0. The number of hydrogen-bond donors (Lipinski definition) is 3. The van der Waals surface area contributed by atoms with Gasteiger partial charge in [-0.05, 0) is 29.3 Å². The first-order valence-corrected chi connectivity index (χ1v) is 10.5. The van der Waals surface area contributed by atoms with Crippen molar-refractivity contribution in [1.29, 1.82) is 0 Å². The number of carboxylic acid groups (broad SMARTS) is 1. The van der Waals surface area contributed by atoms with Gasteiger partial charge in [0, 0.05) is 5.56 Å². The number of carbonyl (C=O) groups is 3. The maximum atomic E-state index is 13.3. The third-order valence-corrected chi connectivity index (χ3v) is 7.31. The van der Waals surface area contributed by atoms with E-state index >= 15 is 0 Å². The van der Waals surface area contributed by atoms with Gasteiger partial charge in [-0.1, -0.05) is 35.9 Å². The number of methoxy groups -OCH3 is 1. The van der Waals surface area contributed by atoms with Gasteiger partial charge < -0.3 is 20.5 Å². The highest BCUT2D eigenvalue weighted by atomic mass is 35.5. The summed E-state index contributed by atoms with van der Waals surface area (Å²) in [5.74, 6) is -1.30. The summed E-state index contributed by atoms with van der Waals surface area (Å²) in [5.41, 5.74) is 0.986. The molecule has 0 radical (unpaired) electrons. The lowest BCUT2D eigenvalue weighted by atomic mass is 9.74. The number of carboxylic acids is 1. The van der Waals surface area contributed by atoms with Crippen LogP contribution < -0.4 is 15.4 Å². The Morgan fingerprint density at radius 3 is 2.55 bits per heavy atom. The molecule has 1 atom stereocenters. The Balaban J connectivity index is 1.82. The molecule has 1 unspecified atom stereocenters. The Kier molecular flexibility index (Phi) is 4.32. The van der Waals surface area contributed by atoms with Crippen molar-refractivity contribution in [3.8, 4) is 16.9 Å². The average Bonchev–Trinajstić information content (AvgIpc) is 3.26. The number of thiophene rings is 1. The summed E-state index contributed by atoms with van der Waals surface area (Å²) in [6.45, 7) is 0. The molecule has 1 spiro atoms. The van der Waals surface area contributed by atoms with Crippen LogP contribution in [0.5, 0.6) is 5.75 Å². The molecule has 0 aliphatic carbocycles. The minimum absolute atomic E-state index is 0.0417. The Morgan fingerprint density at radius 2 is 1.87 bits per heavy atom. The molecule has 0 bridgehead atoms. The van der Waals surface area contributed by atoms with Crippen molar-refractivity contribution in [3.63, 3.8) is 0 Å². The fourth-order valence-corrected chi connectivity index (χ4v) is 5.83. The van der Waals surface area contributed by atoms with Crippen LogP contribution >= 0.6 is 22.9 Å². The van der Waals surface area contributed by atoms with E-state index in [0.717, 1.165) is 11.3 Å². The van der Waals surface area contributed by atoms with Crippen molar-refractivity contribution in [3.05, 3.63) is 62.8 Å². The van der Waals surface area contributed by atoms with Crippen molar-refractivity contribution in [1.82, 2.24) is 0 Å². The third-order valence-electron chi connectivity index (χ3n) is 5.66. The van der Waals surface area contributed by atoms with Crippen LogP contribution in [0.3, 0.4) is 0 Å². The molecular formula is C22H15ClN2O5S. The van der Waals surface area contributed by atoms with Crippen LogP contribution in [0.25, 0.3) is 11.1 Å². The summed E-state index contributed by atoms with van der Waals surface area (Å²) in [7, 11) is 1.54. The van der Waals surface area contributed by atoms with Crippen LogP contribution in [0.4, 0.5) is 11.4 Å². The lowest BCUT2D eigenvalue weighted by Gasteiger charge is -2.31. The zero-order valence-electron chi connectivity index (χ0n) is 16.1. The molecule has 3 N–H and O–H groups in total. The number of fused-ring (bicyclic) bond motifs is 4. The number of aromatic carboxylic acids is 1. The quantitative estimate of drug-likeness (QED) is 0.545. The molecule has 7 nitrogen and oxygen atoms in total. The number of anilines is 2. The number of halogens is 1. The zero-order valence-corrected chi connectivity index (χ0v) is 17.7. The molecule has 2 aromatic carbocycles. The molecule has 3 aromatic rings. The van der Waals surface area contributed by atoms with Crippen molar-refractivity contribution in [2.45, 2.75) is 11.8 Å². The molecule has 1 aromatic heterocycles. The molecule has 0 saturated heterocycles. The minimum atomic E-state index is -1.34. The van der Waals surface area contributed by atoms with E-state index in [1.54, 1.807) is 42.5 Å². The van der Waals surface area contributed by atoms with Gasteiger partial charge in [0.25, 0.3) is 0 Å². The van der Waals surface area contributed by atoms with E-state index in [2.05, 4.69) is 10.6 Å². The fraction of sp³-hybridized carbons (Fsp3) is 0.136. The number of ether oxygens (including phenoxy) is 1. The number of hydrogen-bond acceptors (Lipinski definition) is 5. The Morgan fingerprint density at radius 1 is 1.13 bits per heavy atom. The lowest BCUT2D eigenvalue weighted by molar-refractivity contribution is -0.125. The van der Waals surface area contributed by atoms with Gasteiger partial charge >= 0.3 is 5.97 Å². The average molecular weight is 455 g/mol. The van der Waals surface area contributed by atoms with E-state index < -0.39 is 17.3 Å². The van der Waals surface area contributed by atoms with E-state index in [9.17, 15) is 19.5 Å². The SMILES string of the molecule is COc1ccc(-c2c(C(=O)O)sc3c2NC(=O)CC32C(=O)Nc3c(Cl)cccc32)cc1. The second-order valence-corrected chi connectivity index (χ2v) is 8.72. The number of amides is 2. The van der Waals surface area contributed by atoms with Gasteiger partial charge in [0.15, 0.2) is 0 Å². The Bertz CT molecular complexity index is 1280. The summed E-state index contributed by atoms with van der Waals surface area (Å²) in [6.07, 6.45) is -0.138. The molecule has 9 heteroatoms. The molecule has 3 heterocycles. The molecule has 0 fully saturated rings. The van der Waals surface area contributed by atoms with Gasteiger partial charge in [-0.3, -0.25) is 9.59 Å². The molecule has 2 aliphatic heterocycles. The van der Waals surface area contributed by atoms with Gasteiger partial charge in [-0.15, -0.1) is 11.3 Å². The highest BCUT2D eigenvalue weighted by Crippen LogP contribution is 2.57. The van der Waals surface area contributed by atoms with Crippen molar-refractivity contribution >= 4 is 52.1 Å². The first-order valence-electron chi connectivity index (χ1n) is 9.32. The molecule has 31 heavy (non-hydrogen) atoms. The van der Waals surface area contributed by atoms with E-state index in [0.29, 0.717) is 43.7 Å². The monoisotopic (exact) mass is 454 g/mol. The van der Waals surface area contributed by atoms with Crippen LogP contribution in [0.15, 0.2) is 42.5 Å². The standard InChI is InChI=1S/C22H15ClN2O5S/c1-30-11-7-5-10(6-8-11)15-17-19(31-18(15)20(27)28)22(9-14(26)24-17)12-3-2-4-13(23)16(12)25-21(22)29/h2-8H,9H2,1H3,(H,24,26)(H,25,29)(H,27,28). The van der Waals surface area contributed by atoms with E-state index in [1.165, 1.54) is 7.11 Å². The number of benzene rings is 2. The highest BCUT2D eigenvalue weighted by Gasteiger charge is 2.55. The van der Waals surface area contributed by atoms with E-state index in [-0.39, 0.29) is 17.2 Å². The van der Waals surface area contributed by atoms with Gasteiger partial charge in [0.05, 0.1) is 34.8 Å². The Labute approximate surface area is 185 Å². The summed E-state index contributed by atoms with van der Waals surface area (Å²) in [4.78, 5) is 38.8. The van der Waals surface area contributed by atoms with Gasteiger partial charge in [-0.2, -0.15) is 0 Å². The number of rotatable bonds is 3. The largest absolute Gasteiger partial charge is 0.497 e. The molecular weight excluding hydrogens is 440 g/mol. The van der Waals surface area contributed by atoms with Crippen molar-refractivity contribution in [2.24, 2.45) is 0 Å². The highest BCUT2D eigenvalue weighted by molar-refractivity contribution is 7.15. The maximum absolute atomic E-state index is 13.3. The number of carbonyl (C=O) groups excluding carboxylic acids is 2. The predicted octanol–water partition coefficient (Wildman–Crippen LogP) is 4.36. The summed E-state index contributed by atoms with van der Waals surface area (Å²) in [5, 5.41) is 15.9. The second kappa shape index (κ2) is 6.83. The van der Waals surface area contributed by atoms with Crippen LogP contribution in [0.1, 0.15) is 26.5 Å². The van der Waals surface area contributed by atoms with Gasteiger partial charge in [-0.25, -0.2) is 4.79 Å². The lowest BCUT2D eigenvalue weighted by Crippen LogP contribution is -2.42. The first kappa shape index (κ1) is 19.6. The molecule has 156 valence electrons. The predicted molar refractivity (Wildman–Crippen MR) is 117 cm³/mol. The molecule has 0 saturated carbocycles. The maximum Gasteiger partial charge on any atom is 0.346 e. The Hall–Kier alpha value is -3.36. The zero-order chi connectivity index (χ0) is 21.9. The topological polar surface area (TPSA) is 105 Å². The fourth-order valence-electron chi connectivity index (χ4n) is 4.29. The van der Waals surface area contributed by atoms with Crippen LogP contribution in [0.2, 0.25) is 5.02 Å². The van der Waals surface area contributed by atoms with Crippen LogP contribution in [-0.2, 0) is 15.0 Å². The first-order chi connectivity index (χ1) is 14.9. The normalized spacial score (nSPS) is 18.9. The summed E-state index contributed by atoms with van der Waals surface area (Å²) >= 11 is 7.29. The molecule has 2 amide bonds. The van der Waals surface area contributed by atoms with Gasteiger partial charge in [0.2, 0.25) is 11.8 Å². The van der Waals surface area contributed by atoms with Crippen LogP contribution in [0, 0.1) is 0 Å². The summed E-state index contributed by atoms with van der Waals surface area (Å²) < 4.78 is 5.19. The van der Waals surface area contributed by atoms with Crippen LogP contribution in [-0.4, -0.2) is 30.0 Å². The molecule has 2 aliphatic rings. The van der Waals surface area contributed by atoms with E-state index in [1.807, 2.05) is 0 Å². The van der Waals surface area contributed by atoms with E-state index in [4.69, 9.17) is 16.3 Å². The minimum Gasteiger partial charge on any atom is -0.497 e. The number of nitrogens with one attached hydrogen (secondary N) is 2. The smallest absolute Gasteiger partial charge is 0.346 e. The van der Waals surface area contributed by atoms with Gasteiger partial charge in [0.1, 0.15) is 16.0 Å². The van der Waals surface area contributed by atoms with Crippen molar-refractivity contribution < 1.29 is 24.2 Å². The molecule has 5 rings (SSSR count). The third kappa shape index (κ3) is 2.68. The van der Waals surface area contributed by atoms with Crippen molar-refractivity contribution in [2.75, 3.05) is 17.7 Å².